The van der Waals surface area contributed by atoms with Crippen LogP contribution >= 0.6 is 0 Å². The van der Waals surface area contributed by atoms with E-state index in [2.05, 4.69) is 0 Å². The lowest BCUT2D eigenvalue weighted by molar-refractivity contribution is -0.217. The summed E-state index contributed by atoms with van der Waals surface area (Å²) in [5.74, 6) is 0. The first-order chi connectivity index (χ1) is 7.95. The Hall–Kier alpha value is -1.07. The smallest absolute Gasteiger partial charge is 0.364 e. The van der Waals surface area contributed by atoms with Gasteiger partial charge in [-0.2, -0.15) is 13.2 Å². The van der Waals surface area contributed by atoms with Gasteiger partial charge in [0.05, 0.1) is 6.61 Å². The van der Waals surface area contributed by atoms with Crippen LogP contribution in [0.1, 0.15) is 18.1 Å². The zero-order valence-electron chi connectivity index (χ0n) is 9.63. The van der Waals surface area contributed by atoms with Gasteiger partial charge in [-0.15, -0.1) is 0 Å². The highest BCUT2D eigenvalue weighted by Crippen LogP contribution is 2.23. The molecular formula is C12H16F3NO. The molecule has 0 aliphatic rings. The minimum absolute atomic E-state index is 0.0448. The van der Waals surface area contributed by atoms with Crippen LogP contribution in [0.15, 0.2) is 24.3 Å². The van der Waals surface area contributed by atoms with Gasteiger partial charge in [0.25, 0.3) is 0 Å². The van der Waals surface area contributed by atoms with Crippen LogP contribution < -0.4 is 5.73 Å². The van der Waals surface area contributed by atoms with Gasteiger partial charge in [0.2, 0.25) is 0 Å². The van der Waals surface area contributed by atoms with E-state index in [0.29, 0.717) is 13.0 Å². The summed E-state index contributed by atoms with van der Waals surface area (Å²) in [5.41, 5.74) is 7.13. The molecule has 17 heavy (non-hydrogen) atoms. The third-order valence-corrected chi connectivity index (χ3v) is 2.48. The quantitative estimate of drug-likeness (QED) is 0.868. The summed E-state index contributed by atoms with van der Waals surface area (Å²) >= 11 is 0. The summed E-state index contributed by atoms with van der Waals surface area (Å²) in [6.45, 7) is 1.42. The van der Waals surface area contributed by atoms with Gasteiger partial charge < -0.3 is 10.5 Å². The second-order valence-electron chi connectivity index (χ2n) is 3.80. The number of halogens is 3. The SMILES string of the molecule is CC(OCc1ccccc1CCN)C(F)(F)F. The van der Waals surface area contributed by atoms with Crippen molar-refractivity contribution in [3.8, 4) is 0 Å². The molecule has 0 saturated heterocycles. The second-order valence-corrected chi connectivity index (χ2v) is 3.80. The molecular weight excluding hydrogens is 231 g/mol. The number of ether oxygens (including phenoxy) is 1. The maximum Gasteiger partial charge on any atom is 0.414 e. The van der Waals surface area contributed by atoms with E-state index in [0.717, 1.165) is 18.1 Å². The van der Waals surface area contributed by atoms with Crippen LogP contribution in [0.3, 0.4) is 0 Å². The average molecular weight is 247 g/mol. The van der Waals surface area contributed by atoms with E-state index in [1.165, 1.54) is 0 Å². The van der Waals surface area contributed by atoms with E-state index in [1.54, 1.807) is 12.1 Å². The molecule has 2 nitrogen and oxygen atoms in total. The van der Waals surface area contributed by atoms with E-state index in [4.69, 9.17) is 10.5 Å². The van der Waals surface area contributed by atoms with Crippen molar-refractivity contribution in [1.29, 1.82) is 0 Å². The summed E-state index contributed by atoms with van der Waals surface area (Å²) in [6.07, 6.45) is -5.43. The van der Waals surface area contributed by atoms with Crippen LogP contribution in [-0.4, -0.2) is 18.8 Å². The van der Waals surface area contributed by atoms with Crippen LogP contribution in [0.4, 0.5) is 13.2 Å². The normalized spacial score (nSPS) is 13.7. The zero-order chi connectivity index (χ0) is 12.9. The Balaban J connectivity index is 2.63. The Labute approximate surface area is 98.6 Å². The number of alkyl halides is 3. The third-order valence-electron chi connectivity index (χ3n) is 2.48. The molecule has 1 rings (SSSR count). The number of nitrogens with two attached hydrogens (primary N) is 1. The highest BCUT2D eigenvalue weighted by Gasteiger charge is 2.36. The van der Waals surface area contributed by atoms with Crippen LogP contribution in [0, 0.1) is 0 Å². The lowest BCUT2D eigenvalue weighted by atomic mass is 10.1. The van der Waals surface area contributed by atoms with Crippen molar-refractivity contribution in [2.24, 2.45) is 5.73 Å². The molecule has 0 fully saturated rings. The highest BCUT2D eigenvalue weighted by molar-refractivity contribution is 5.26. The van der Waals surface area contributed by atoms with Gasteiger partial charge in [0, 0.05) is 0 Å². The first kappa shape index (κ1) is 14.0. The molecule has 0 saturated carbocycles. The molecule has 0 radical (unpaired) electrons. The molecule has 96 valence electrons. The number of hydrogen-bond donors (Lipinski definition) is 1. The Morgan fingerprint density at radius 1 is 1.24 bits per heavy atom. The zero-order valence-corrected chi connectivity index (χ0v) is 9.63. The Morgan fingerprint density at radius 2 is 1.82 bits per heavy atom. The number of rotatable bonds is 5. The first-order valence-electron chi connectivity index (χ1n) is 5.40. The summed E-state index contributed by atoms with van der Waals surface area (Å²) in [7, 11) is 0. The summed E-state index contributed by atoms with van der Waals surface area (Å²) in [4.78, 5) is 0. The van der Waals surface area contributed by atoms with Crippen molar-refractivity contribution >= 4 is 0 Å². The van der Waals surface area contributed by atoms with Gasteiger partial charge in [-0.3, -0.25) is 0 Å². The molecule has 0 aliphatic heterocycles. The van der Waals surface area contributed by atoms with Crippen molar-refractivity contribution in [3.63, 3.8) is 0 Å². The van der Waals surface area contributed by atoms with Crippen molar-refractivity contribution in [2.45, 2.75) is 32.2 Å². The largest absolute Gasteiger partial charge is 0.414 e. The molecule has 1 aromatic rings. The molecule has 0 bridgehead atoms. The van der Waals surface area contributed by atoms with Crippen molar-refractivity contribution in [1.82, 2.24) is 0 Å². The van der Waals surface area contributed by atoms with Gasteiger partial charge in [0.15, 0.2) is 6.10 Å². The van der Waals surface area contributed by atoms with Gasteiger partial charge >= 0.3 is 6.18 Å². The van der Waals surface area contributed by atoms with Crippen LogP contribution in [-0.2, 0) is 17.8 Å². The van der Waals surface area contributed by atoms with Crippen LogP contribution in [0.5, 0.6) is 0 Å². The topological polar surface area (TPSA) is 35.2 Å². The van der Waals surface area contributed by atoms with E-state index >= 15 is 0 Å². The van der Waals surface area contributed by atoms with E-state index < -0.39 is 12.3 Å². The molecule has 2 N–H and O–H groups in total. The average Bonchev–Trinajstić information content (AvgIpc) is 2.26. The Morgan fingerprint density at radius 3 is 2.35 bits per heavy atom. The maximum atomic E-state index is 12.3. The van der Waals surface area contributed by atoms with Gasteiger partial charge in [-0.05, 0) is 31.0 Å². The summed E-state index contributed by atoms with van der Waals surface area (Å²) in [5, 5.41) is 0. The molecule has 1 atom stereocenters. The lowest BCUT2D eigenvalue weighted by Gasteiger charge is -2.17. The second kappa shape index (κ2) is 6.02. The fourth-order valence-corrected chi connectivity index (χ4v) is 1.41. The standard InChI is InChI=1S/C12H16F3NO/c1-9(12(13,14)15)17-8-11-5-3-2-4-10(11)6-7-16/h2-5,9H,6-8,16H2,1H3. The fraction of sp³-hybridized carbons (Fsp3) is 0.500. The predicted octanol–water partition coefficient (Wildman–Crippen LogP) is 2.66. The molecule has 0 amide bonds. The lowest BCUT2D eigenvalue weighted by Crippen LogP contribution is -2.28. The molecule has 0 aliphatic carbocycles. The van der Waals surface area contributed by atoms with Crippen molar-refractivity contribution in [2.75, 3.05) is 6.54 Å². The van der Waals surface area contributed by atoms with Crippen LogP contribution in [0.2, 0.25) is 0 Å². The van der Waals surface area contributed by atoms with Gasteiger partial charge in [-0.25, -0.2) is 0 Å². The molecule has 1 unspecified atom stereocenters. The molecule has 5 heteroatoms. The van der Waals surface area contributed by atoms with Gasteiger partial charge in [0.1, 0.15) is 0 Å². The van der Waals surface area contributed by atoms with Crippen molar-refractivity contribution in [3.05, 3.63) is 35.4 Å². The third kappa shape index (κ3) is 4.36. The molecule has 0 heterocycles. The minimum Gasteiger partial charge on any atom is -0.364 e. The fourth-order valence-electron chi connectivity index (χ4n) is 1.41. The molecule has 0 aromatic heterocycles. The Bertz CT molecular complexity index is 352. The maximum absolute atomic E-state index is 12.3. The summed E-state index contributed by atoms with van der Waals surface area (Å²) in [6, 6.07) is 7.22. The van der Waals surface area contributed by atoms with Crippen LogP contribution in [0.25, 0.3) is 0 Å². The monoisotopic (exact) mass is 247 g/mol. The number of benzene rings is 1. The van der Waals surface area contributed by atoms with Crippen molar-refractivity contribution < 1.29 is 17.9 Å². The molecule has 0 spiro atoms. The van der Waals surface area contributed by atoms with Gasteiger partial charge in [-0.1, -0.05) is 24.3 Å². The number of hydrogen-bond acceptors (Lipinski definition) is 2. The minimum atomic E-state index is -4.32. The van der Waals surface area contributed by atoms with E-state index in [1.807, 2.05) is 12.1 Å². The summed E-state index contributed by atoms with van der Waals surface area (Å²) < 4.78 is 41.6. The first-order valence-corrected chi connectivity index (χ1v) is 5.40. The molecule has 1 aromatic carbocycles. The predicted molar refractivity (Wildman–Crippen MR) is 59.5 cm³/mol. The Kier molecular flexibility index (Phi) is 4.96. The van der Waals surface area contributed by atoms with E-state index in [9.17, 15) is 13.2 Å². The van der Waals surface area contributed by atoms with E-state index in [-0.39, 0.29) is 6.61 Å². The highest BCUT2D eigenvalue weighted by atomic mass is 19.4.